The van der Waals surface area contributed by atoms with E-state index >= 15 is 0 Å². The van der Waals surface area contributed by atoms with Crippen LogP contribution >= 0.6 is 0 Å². The molecule has 0 aromatic heterocycles. The minimum absolute atomic E-state index is 0.0111. The van der Waals surface area contributed by atoms with Gasteiger partial charge in [0.25, 0.3) is 0 Å². The van der Waals surface area contributed by atoms with Crippen molar-refractivity contribution < 1.29 is 12.8 Å². The highest BCUT2D eigenvalue weighted by atomic mass is 32.2. The van der Waals surface area contributed by atoms with Crippen molar-refractivity contribution >= 4 is 15.5 Å². The molecule has 1 unspecified atom stereocenters. The summed E-state index contributed by atoms with van der Waals surface area (Å²) in [6, 6.07) is 3.99. The zero-order valence-corrected chi connectivity index (χ0v) is 12.5. The topological polar surface area (TPSA) is 58.2 Å². The van der Waals surface area contributed by atoms with E-state index in [9.17, 15) is 12.8 Å². The molecule has 1 aromatic rings. The standard InChI is InChI=1S/C14H21FN2O2S/c1-20(18,19)12-4-5-14(13(15)9-12)17-8-6-11-3-2-7-16-10-11/h4-5,9,11,16-17H,2-3,6-8,10H2,1H3. The van der Waals surface area contributed by atoms with Crippen LogP contribution in [0, 0.1) is 11.7 Å². The molecule has 112 valence electrons. The van der Waals surface area contributed by atoms with E-state index in [1.807, 2.05) is 0 Å². The maximum Gasteiger partial charge on any atom is 0.175 e. The van der Waals surface area contributed by atoms with Gasteiger partial charge in [-0.3, -0.25) is 0 Å². The number of piperidine rings is 1. The predicted molar refractivity (Wildman–Crippen MR) is 78.2 cm³/mol. The van der Waals surface area contributed by atoms with Gasteiger partial charge in [0.1, 0.15) is 5.82 Å². The number of nitrogens with one attached hydrogen (secondary N) is 2. The van der Waals surface area contributed by atoms with Gasteiger partial charge in [0.2, 0.25) is 0 Å². The van der Waals surface area contributed by atoms with Crippen LogP contribution in [-0.2, 0) is 9.84 Å². The summed E-state index contributed by atoms with van der Waals surface area (Å²) in [5.41, 5.74) is 0.362. The molecule has 4 nitrogen and oxygen atoms in total. The Kier molecular flexibility index (Phi) is 4.99. The largest absolute Gasteiger partial charge is 0.383 e. The average molecular weight is 300 g/mol. The van der Waals surface area contributed by atoms with Crippen LogP contribution in [0.5, 0.6) is 0 Å². The minimum atomic E-state index is -3.36. The molecule has 0 saturated carbocycles. The van der Waals surface area contributed by atoms with Crippen molar-refractivity contribution in [3.63, 3.8) is 0 Å². The summed E-state index contributed by atoms with van der Waals surface area (Å²) in [6.07, 6.45) is 4.47. The lowest BCUT2D eigenvalue weighted by atomic mass is 9.96. The molecule has 6 heteroatoms. The Balaban J connectivity index is 1.90. The molecule has 0 spiro atoms. The van der Waals surface area contributed by atoms with Crippen LogP contribution in [0.15, 0.2) is 23.1 Å². The van der Waals surface area contributed by atoms with Crippen LogP contribution in [0.1, 0.15) is 19.3 Å². The van der Waals surface area contributed by atoms with Crippen LogP contribution in [0.4, 0.5) is 10.1 Å². The molecule has 1 fully saturated rings. The first kappa shape index (κ1) is 15.3. The fraction of sp³-hybridized carbons (Fsp3) is 0.571. The SMILES string of the molecule is CS(=O)(=O)c1ccc(NCCC2CCCNC2)c(F)c1. The summed E-state index contributed by atoms with van der Waals surface area (Å²) in [7, 11) is -3.36. The number of hydrogen-bond donors (Lipinski definition) is 2. The molecule has 1 aliphatic heterocycles. The van der Waals surface area contributed by atoms with Crippen LogP contribution in [-0.4, -0.2) is 34.3 Å². The van der Waals surface area contributed by atoms with Gasteiger partial charge in [0.15, 0.2) is 9.84 Å². The fourth-order valence-electron chi connectivity index (χ4n) is 2.45. The second kappa shape index (κ2) is 6.54. The van der Waals surface area contributed by atoms with Crippen molar-refractivity contribution in [2.24, 2.45) is 5.92 Å². The third kappa shape index (κ3) is 4.18. The zero-order valence-electron chi connectivity index (χ0n) is 11.7. The van der Waals surface area contributed by atoms with E-state index < -0.39 is 15.7 Å². The van der Waals surface area contributed by atoms with E-state index in [-0.39, 0.29) is 4.90 Å². The van der Waals surface area contributed by atoms with Gasteiger partial charge in [-0.1, -0.05) is 0 Å². The van der Waals surface area contributed by atoms with Gasteiger partial charge in [0, 0.05) is 12.8 Å². The Morgan fingerprint density at radius 3 is 2.85 bits per heavy atom. The zero-order chi connectivity index (χ0) is 14.6. The van der Waals surface area contributed by atoms with E-state index in [0.717, 1.165) is 31.8 Å². The third-order valence-electron chi connectivity index (χ3n) is 3.64. The highest BCUT2D eigenvalue weighted by Crippen LogP contribution is 2.20. The number of hydrogen-bond acceptors (Lipinski definition) is 4. The van der Waals surface area contributed by atoms with E-state index in [2.05, 4.69) is 10.6 Å². The molecular weight excluding hydrogens is 279 g/mol. The van der Waals surface area contributed by atoms with Crippen molar-refractivity contribution in [1.29, 1.82) is 0 Å². The molecule has 0 aliphatic carbocycles. The normalized spacial score (nSPS) is 19.8. The summed E-state index contributed by atoms with van der Waals surface area (Å²) in [6.45, 7) is 2.81. The molecule has 0 amide bonds. The van der Waals surface area contributed by atoms with Gasteiger partial charge >= 0.3 is 0 Å². The maximum absolute atomic E-state index is 13.8. The first-order valence-electron chi connectivity index (χ1n) is 6.91. The van der Waals surface area contributed by atoms with E-state index in [0.29, 0.717) is 18.2 Å². The molecule has 2 rings (SSSR count). The van der Waals surface area contributed by atoms with Crippen molar-refractivity contribution in [1.82, 2.24) is 5.32 Å². The lowest BCUT2D eigenvalue weighted by Gasteiger charge is -2.22. The number of halogens is 1. The summed E-state index contributed by atoms with van der Waals surface area (Å²) < 4.78 is 36.5. The Bertz CT molecular complexity index is 554. The number of benzene rings is 1. The monoisotopic (exact) mass is 300 g/mol. The molecule has 1 saturated heterocycles. The van der Waals surface area contributed by atoms with Crippen molar-refractivity contribution in [3.8, 4) is 0 Å². The third-order valence-corrected chi connectivity index (χ3v) is 4.75. The Morgan fingerprint density at radius 1 is 1.45 bits per heavy atom. The molecule has 0 bridgehead atoms. The molecule has 1 aromatic carbocycles. The lowest BCUT2D eigenvalue weighted by molar-refractivity contribution is 0.364. The molecule has 20 heavy (non-hydrogen) atoms. The summed E-state index contributed by atoms with van der Waals surface area (Å²) >= 11 is 0. The van der Waals surface area contributed by atoms with Gasteiger partial charge in [0.05, 0.1) is 10.6 Å². The maximum atomic E-state index is 13.8. The van der Waals surface area contributed by atoms with Crippen LogP contribution in [0.2, 0.25) is 0 Å². The molecule has 2 N–H and O–H groups in total. The first-order valence-corrected chi connectivity index (χ1v) is 8.80. The summed E-state index contributed by atoms with van der Waals surface area (Å²) in [5.74, 6) is 0.115. The predicted octanol–water partition coefficient (Wildman–Crippen LogP) is 2.03. The number of sulfone groups is 1. The fourth-order valence-corrected chi connectivity index (χ4v) is 3.08. The van der Waals surface area contributed by atoms with Crippen LogP contribution in [0.25, 0.3) is 0 Å². The Hall–Kier alpha value is -1.14. The van der Waals surface area contributed by atoms with Crippen molar-refractivity contribution in [2.75, 3.05) is 31.2 Å². The van der Waals surface area contributed by atoms with E-state index in [1.54, 1.807) is 0 Å². The Labute approximate surface area is 119 Å². The van der Waals surface area contributed by atoms with Gasteiger partial charge in [-0.2, -0.15) is 0 Å². The number of anilines is 1. The highest BCUT2D eigenvalue weighted by Gasteiger charge is 2.13. The smallest absolute Gasteiger partial charge is 0.175 e. The van der Waals surface area contributed by atoms with Crippen LogP contribution < -0.4 is 10.6 Å². The molecule has 1 heterocycles. The lowest BCUT2D eigenvalue weighted by Crippen LogP contribution is -2.30. The second-order valence-corrected chi connectivity index (χ2v) is 7.36. The van der Waals surface area contributed by atoms with Gasteiger partial charge in [-0.15, -0.1) is 0 Å². The quantitative estimate of drug-likeness (QED) is 0.873. The average Bonchev–Trinajstić information content (AvgIpc) is 2.40. The number of rotatable bonds is 5. The summed E-state index contributed by atoms with van der Waals surface area (Å²) in [4.78, 5) is 0.0111. The van der Waals surface area contributed by atoms with Gasteiger partial charge in [-0.05, 0) is 56.5 Å². The highest BCUT2D eigenvalue weighted by molar-refractivity contribution is 7.90. The van der Waals surface area contributed by atoms with Crippen LogP contribution in [0.3, 0.4) is 0 Å². The molecular formula is C14H21FN2O2S. The molecule has 1 atom stereocenters. The Morgan fingerprint density at radius 2 is 2.25 bits per heavy atom. The second-order valence-electron chi connectivity index (χ2n) is 5.34. The molecule has 1 aliphatic rings. The molecule has 0 radical (unpaired) electrons. The van der Waals surface area contributed by atoms with Crippen molar-refractivity contribution in [3.05, 3.63) is 24.0 Å². The van der Waals surface area contributed by atoms with Crippen molar-refractivity contribution in [2.45, 2.75) is 24.2 Å². The van der Waals surface area contributed by atoms with Gasteiger partial charge in [-0.25, -0.2) is 12.8 Å². The minimum Gasteiger partial charge on any atom is -0.383 e. The summed E-state index contributed by atoms with van der Waals surface area (Å²) in [5, 5.41) is 6.39. The van der Waals surface area contributed by atoms with Gasteiger partial charge < -0.3 is 10.6 Å². The van der Waals surface area contributed by atoms with E-state index in [1.165, 1.54) is 25.0 Å². The first-order chi connectivity index (χ1) is 9.47. The van der Waals surface area contributed by atoms with E-state index in [4.69, 9.17) is 0 Å².